The first-order chi connectivity index (χ1) is 5.75. The lowest BCUT2D eigenvalue weighted by Gasteiger charge is -2.17. The highest BCUT2D eigenvalue weighted by Crippen LogP contribution is 2.30. The normalized spacial score (nSPS) is 20.0. The molecule has 1 heterocycles. The summed E-state index contributed by atoms with van der Waals surface area (Å²) in [5.74, 6) is 0. The summed E-state index contributed by atoms with van der Waals surface area (Å²) in [6, 6.07) is 6.38. The third kappa shape index (κ3) is 1.37. The maximum absolute atomic E-state index is 4.32. The fourth-order valence-electron chi connectivity index (χ4n) is 1.21. The summed E-state index contributed by atoms with van der Waals surface area (Å²) in [5, 5.41) is 3.32. The third-order valence-electron chi connectivity index (χ3n) is 1.78. The Morgan fingerprint density at radius 1 is 1.50 bits per heavy atom. The zero-order valence-corrected chi connectivity index (χ0v) is 8.30. The molecule has 2 rings (SSSR count). The van der Waals surface area contributed by atoms with Crippen molar-refractivity contribution in [2.75, 3.05) is 5.32 Å². The van der Waals surface area contributed by atoms with Gasteiger partial charge in [0.15, 0.2) is 0 Å². The van der Waals surface area contributed by atoms with E-state index < -0.39 is 0 Å². The van der Waals surface area contributed by atoms with Crippen LogP contribution in [0.3, 0.4) is 0 Å². The predicted molar refractivity (Wildman–Crippen MR) is 55.4 cm³/mol. The number of benzene rings is 1. The van der Waals surface area contributed by atoms with Crippen LogP contribution in [0.4, 0.5) is 11.4 Å². The van der Waals surface area contributed by atoms with Gasteiger partial charge in [-0.25, -0.2) is 0 Å². The van der Waals surface area contributed by atoms with Crippen molar-refractivity contribution in [2.45, 2.75) is 13.0 Å². The molecular weight excluding hydrogens is 216 g/mol. The molecule has 1 aromatic rings. The molecule has 0 spiro atoms. The van der Waals surface area contributed by atoms with E-state index in [-0.39, 0.29) is 0 Å². The number of aliphatic imine (C=N–C) groups is 1. The van der Waals surface area contributed by atoms with Crippen LogP contribution in [-0.4, -0.2) is 12.3 Å². The van der Waals surface area contributed by atoms with E-state index in [0.717, 1.165) is 15.8 Å². The van der Waals surface area contributed by atoms with Crippen molar-refractivity contribution < 1.29 is 0 Å². The number of halogens is 1. The van der Waals surface area contributed by atoms with Crippen LogP contribution >= 0.6 is 15.9 Å². The largest absolute Gasteiger partial charge is 0.376 e. The Morgan fingerprint density at radius 2 is 2.33 bits per heavy atom. The topological polar surface area (TPSA) is 24.4 Å². The lowest BCUT2D eigenvalue weighted by molar-refractivity contribution is 1.05. The first-order valence-electron chi connectivity index (χ1n) is 3.86. The molecule has 1 atom stereocenters. The van der Waals surface area contributed by atoms with Gasteiger partial charge in [0.1, 0.15) is 0 Å². The molecule has 3 heteroatoms. The molecule has 1 aliphatic rings. The quantitative estimate of drug-likeness (QED) is 0.721. The number of nitrogens with zero attached hydrogens (tertiary/aromatic N) is 1. The molecule has 1 N–H and O–H groups in total. The summed E-state index contributed by atoms with van der Waals surface area (Å²) in [6.07, 6.45) is 1.91. The second kappa shape index (κ2) is 2.90. The fourth-order valence-corrected chi connectivity index (χ4v) is 1.56. The summed E-state index contributed by atoms with van der Waals surface area (Å²) >= 11 is 3.40. The van der Waals surface area contributed by atoms with Crippen LogP contribution in [-0.2, 0) is 0 Å². The number of anilines is 1. The van der Waals surface area contributed by atoms with Crippen LogP contribution in [0.15, 0.2) is 27.7 Å². The van der Waals surface area contributed by atoms with Crippen LogP contribution in [0, 0.1) is 0 Å². The second-order valence-electron chi connectivity index (χ2n) is 2.87. The Hall–Kier alpha value is -0.830. The number of rotatable bonds is 0. The molecule has 0 radical (unpaired) electrons. The summed E-state index contributed by atoms with van der Waals surface area (Å²) in [6.45, 7) is 2.08. The van der Waals surface area contributed by atoms with Gasteiger partial charge in [0.05, 0.1) is 17.4 Å². The highest BCUT2D eigenvalue weighted by molar-refractivity contribution is 9.10. The minimum atomic E-state index is 0.332. The average molecular weight is 225 g/mol. The van der Waals surface area contributed by atoms with Gasteiger partial charge in [-0.1, -0.05) is 15.9 Å². The van der Waals surface area contributed by atoms with Gasteiger partial charge < -0.3 is 5.32 Å². The van der Waals surface area contributed by atoms with Gasteiger partial charge in [0.2, 0.25) is 0 Å². The monoisotopic (exact) mass is 224 g/mol. The molecular formula is C9H9BrN2. The third-order valence-corrected chi connectivity index (χ3v) is 2.27. The van der Waals surface area contributed by atoms with Gasteiger partial charge in [0, 0.05) is 10.7 Å². The van der Waals surface area contributed by atoms with Gasteiger partial charge in [-0.15, -0.1) is 0 Å². The number of hydrogen-bond donors (Lipinski definition) is 1. The van der Waals surface area contributed by atoms with Crippen LogP contribution in [0.5, 0.6) is 0 Å². The number of hydrogen-bond acceptors (Lipinski definition) is 2. The van der Waals surface area contributed by atoms with Crippen molar-refractivity contribution in [1.29, 1.82) is 0 Å². The van der Waals surface area contributed by atoms with Crippen molar-refractivity contribution in [2.24, 2.45) is 4.99 Å². The molecule has 1 aliphatic heterocycles. The maximum Gasteiger partial charge on any atom is 0.0869 e. The molecule has 0 aliphatic carbocycles. The predicted octanol–water partition coefficient (Wildman–Crippen LogP) is 2.97. The summed E-state index contributed by atoms with van der Waals surface area (Å²) in [5.41, 5.74) is 2.11. The molecule has 12 heavy (non-hydrogen) atoms. The Bertz CT molecular complexity index is 333. The van der Waals surface area contributed by atoms with Crippen molar-refractivity contribution in [3.63, 3.8) is 0 Å². The summed E-state index contributed by atoms with van der Waals surface area (Å²) in [7, 11) is 0. The molecule has 0 amide bonds. The molecule has 0 saturated carbocycles. The smallest absolute Gasteiger partial charge is 0.0869 e. The minimum Gasteiger partial charge on any atom is -0.376 e. The van der Waals surface area contributed by atoms with E-state index in [1.807, 2.05) is 24.4 Å². The van der Waals surface area contributed by atoms with Crippen LogP contribution < -0.4 is 5.32 Å². The van der Waals surface area contributed by atoms with E-state index in [9.17, 15) is 0 Å². The van der Waals surface area contributed by atoms with E-state index in [2.05, 4.69) is 33.2 Å². The average Bonchev–Trinajstić information content (AvgIpc) is 2.05. The first kappa shape index (κ1) is 7.80. The molecule has 0 unspecified atom stereocenters. The Morgan fingerprint density at radius 3 is 3.17 bits per heavy atom. The highest BCUT2D eigenvalue weighted by atomic mass is 79.9. The van der Waals surface area contributed by atoms with Gasteiger partial charge in [-0.2, -0.15) is 0 Å². The fraction of sp³-hybridized carbons (Fsp3) is 0.222. The molecule has 62 valence electrons. The van der Waals surface area contributed by atoms with Gasteiger partial charge in [-0.05, 0) is 25.1 Å². The van der Waals surface area contributed by atoms with Gasteiger partial charge >= 0.3 is 0 Å². The standard InChI is InChI=1S/C9H9BrN2/c1-6-5-11-9-4-7(10)2-3-8(9)12-6/h2-6,12H,1H3/t6-/m1/s1. The zero-order chi connectivity index (χ0) is 8.55. The van der Waals surface area contributed by atoms with Gasteiger partial charge in [0.25, 0.3) is 0 Å². The lowest BCUT2D eigenvalue weighted by Crippen LogP contribution is -2.19. The van der Waals surface area contributed by atoms with Crippen molar-refractivity contribution in [3.05, 3.63) is 22.7 Å². The van der Waals surface area contributed by atoms with Crippen molar-refractivity contribution in [3.8, 4) is 0 Å². The Labute approximate surface area is 79.8 Å². The maximum atomic E-state index is 4.32. The van der Waals surface area contributed by atoms with Crippen LogP contribution in [0.1, 0.15) is 6.92 Å². The Balaban J connectivity index is 2.47. The highest BCUT2D eigenvalue weighted by Gasteiger charge is 2.08. The zero-order valence-electron chi connectivity index (χ0n) is 6.71. The molecule has 2 nitrogen and oxygen atoms in total. The van der Waals surface area contributed by atoms with Crippen LogP contribution in [0.25, 0.3) is 0 Å². The van der Waals surface area contributed by atoms with Gasteiger partial charge in [-0.3, -0.25) is 4.99 Å². The van der Waals surface area contributed by atoms with E-state index in [1.54, 1.807) is 0 Å². The minimum absolute atomic E-state index is 0.332. The van der Waals surface area contributed by atoms with E-state index >= 15 is 0 Å². The summed E-state index contributed by atoms with van der Waals surface area (Å²) in [4.78, 5) is 4.32. The second-order valence-corrected chi connectivity index (χ2v) is 3.79. The molecule has 1 aromatic carbocycles. The van der Waals surface area contributed by atoms with Crippen molar-refractivity contribution >= 4 is 33.5 Å². The Kier molecular flexibility index (Phi) is 1.89. The lowest BCUT2D eigenvalue weighted by atomic mass is 10.2. The van der Waals surface area contributed by atoms with Crippen molar-refractivity contribution in [1.82, 2.24) is 0 Å². The molecule has 0 fully saturated rings. The number of nitrogens with one attached hydrogen (secondary N) is 1. The van der Waals surface area contributed by atoms with E-state index in [1.165, 1.54) is 0 Å². The molecule has 0 saturated heterocycles. The van der Waals surface area contributed by atoms with E-state index in [4.69, 9.17) is 0 Å². The van der Waals surface area contributed by atoms with E-state index in [0.29, 0.717) is 6.04 Å². The molecule has 0 aromatic heterocycles. The number of fused-ring (bicyclic) bond motifs is 1. The summed E-state index contributed by atoms with van der Waals surface area (Å²) < 4.78 is 1.06. The van der Waals surface area contributed by atoms with Crippen LogP contribution in [0.2, 0.25) is 0 Å². The first-order valence-corrected chi connectivity index (χ1v) is 4.65. The molecule has 0 bridgehead atoms. The SMILES string of the molecule is C[C@@H]1C=Nc2cc(Br)ccc2N1.